The van der Waals surface area contributed by atoms with Gasteiger partial charge in [0.2, 0.25) is 0 Å². The molecule has 0 aliphatic rings. The Morgan fingerprint density at radius 3 is 2.93 bits per heavy atom. The zero-order chi connectivity index (χ0) is 10.4. The first-order valence-electron chi connectivity index (χ1n) is 4.42. The normalized spacial score (nSPS) is 12.4. The predicted molar refractivity (Wildman–Crippen MR) is 61.3 cm³/mol. The molecule has 0 amide bonds. The van der Waals surface area contributed by atoms with Gasteiger partial charge in [0.1, 0.15) is 5.82 Å². The van der Waals surface area contributed by atoms with E-state index in [1.165, 1.54) is 0 Å². The summed E-state index contributed by atoms with van der Waals surface area (Å²) in [6, 6.07) is 3.57. The van der Waals surface area contributed by atoms with Crippen molar-refractivity contribution in [2.24, 2.45) is 0 Å². The second-order valence-electron chi connectivity index (χ2n) is 2.72. The van der Waals surface area contributed by atoms with Crippen LogP contribution in [0.4, 0.5) is 5.82 Å². The van der Waals surface area contributed by atoms with E-state index in [9.17, 15) is 4.21 Å². The van der Waals surface area contributed by atoms with Gasteiger partial charge in [0, 0.05) is 35.0 Å². The van der Waals surface area contributed by atoms with Gasteiger partial charge in [-0.2, -0.15) is 0 Å². The highest BCUT2D eigenvalue weighted by Gasteiger charge is 1.96. The summed E-state index contributed by atoms with van der Waals surface area (Å²) in [5, 5.41) is 3.69. The number of hydrogen-bond donors (Lipinski definition) is 1. The molecule has 0 saturated carbocycles. The summed E-state index contributed by atoms with van der Waals surface area (Å²) in [7, 11) is -0.721. The van der Waals surface area contributed by atoms with Crippen LogP contribution in [0.1, 0.15) is 6.92 Å². The Morgan fingerprint density at radius 2 is 2.36 bits per heavy atom. The fraction of sp³-hybridized carbons (Fsp3) is 0.444. The van der Waals surface area contributed by atoms with Gasteiger partial charge in [-0.05, 0) is 12.1 Å². The molecule has 1 unspecified atom stereocenters. The van der Waals surface area contributed by atoms with E-state index in [-0.39, 0.29) is 0 Å². The van der Waals surface area contributed by atoms with Crippen molar-refractivity contribution in [1.82, 2.24) is 4.98 Å². The van der Waals surface area contributed by atoms with Crippen molar-refractivity contribution in [3.63, 3.8) is 0 Å². The van der Waals surface area contributed by atoms with Crippen molar-refractivity contribution in [3.8, 4) is 0 Å². The van der Waals surface area contributed by atoms with Crippen LogP contribution in [0, 0.1) is 0 Å². The summed E-state index contributed by atoms with van der Waals surface area (Å²) < 4.78 is 11.1. The monoisotopic (exact) mass is 232 g/mol. The summed E-state index contributed by atoms with van der Waals surface area (Å²) in [6.07, 6.45) is 1.58. The van der Waals surface area contributed by atoms with Crippen LogP contribution in [0.5, 0.6) is 0 Å². The molecule has 1 atom stereocenters. The molecule has 1 N–H and O–H groups in total. The van der Waals surface area contributed by atoms with Crippen LogP contribution in [-0.2, 0) is 10.8 Å². The summed E-state index contributed by atoms with van der Waals surface area (Å²) in [4.78, 5) is 4.06. The lowest BCUT2D eigenvalue weighted by Crippen LogP contribution is -2.12. The van der Waals surface area contributed by atoms with Crippen LogP contribution < -0.4 is 5.32 Å². The Kier molecular flexibility index (Phi) is 4.90. The van der Waals surface area contributed by atoms with Crippen LogP contribution in [0.2, 0.25) is 5.02 Å². The minimum Gasteiger partial charge on any atom is -0.369 e. The molecule has 0 aliphatic carbocycles. The third kappa shape index (κ3) is 4.07. The van der Waals surface area contributed by atoms with Crippen LogP contribution >= 0.6 is 11.6 Å². The molecule has 0 spiro atoms. The number of pyridine rings is 1. The Bertz CT molecular complexity index is 302. The first kappa shape index (κ1) is 11.5. The number of nitrogens with zero attached hydrogens (tertiary/aromatic N) is 1. The van der Waals surface area contributed by atoms with E-state index in [0.717, 1.165) is 5.82 Å². The molecule has 1 aromatic heterocycles. The first-order valence-corrected chi connectivity index (χ1v) is 6.29. The molecular weight excluding hydrogens is 220 g/mol. The molecule has 78 valence electrons. The molecule has 1 aromatic rings. The number of halogens is 1. The quantitative estimate of drug-likeness (QED) is 0.844. The molecule has 3 nitrogen and oxygen atoms in total. The molecule has 0 saturated heterocycles. The zero-order valence-electron chi connectivity index (χ0n) is 8.00. The lowest BCUT2D eigenvalue weighted by molar-refractivity contribution is 0.684. The fourth-order valence-electron chi connectivity index (χ4n) is 0.918. The minimum atomic E-state index is -0.721. The largest absolute Gasteiger partial charge is 0.369 e. The molecule has 1 heterocycles. The van der Waals surface area contributed by atoms with E-state index < -0.39 is 10.8 Å². The van der Waals surface area contributed by atoms with E-state index in [1.54, 1.807) is 18.3 Å². The maximum Gasteiger partial charge on any atom is 0.126 e. The van der Waals surface area contributed by atoms with E-state index in [1.807, 2.05) is 6.92 Å². The van der Waals surface area contributed by atoms with Crippen molar-refractivity contribution in [3.05, 3.63) is 23.4 Å². The Morgan fingerprint density at radius 1 is 1.57 bits per heavy atom. The minimum absolute atomic E-state index is 0.618. The molecule has 14 heavy (non-hydrogen) atoms. The van der Waals surface area contributed by atoms with Gasteiger partial charge in [-0.3, -0.25) is 4.21 Å². The molecule has 1 rings (SSSR count). The molecule has 5 heteroatoms. The van der Waals surface area contributed by atoms with Gasteiger partial charge in [-0.25, -0.2) is 4.98 Å². The summed E-state index contributed by atoms with van der Waals surface area (Å²) in [6.45, 7) is 2.59. The lowest BCUT2D eigenvalue weighted by Gasteiger charge is -2.04. The van der Waals surface area contributed by atoms with Gasteiger partial charge in [-0.1, -0.05) is 18.5 Å². The predicted octanol–water partition coefficient (Wildman–Crippen LogP) is 1.92. The Hall–Kier alpha value is -0.610. The number of nitrogens with one attached hydrogen (secondary N) is 1. The van der Waals surface area contributed by atoms with Crippen molar-refractivity contribution in [1.29, 1.82) is 0 Å². The third-order valence-corrected chi connectivity index (χ3v) is 3.21. The molecule has 0 fully saturated rings. The average Bonchev–Trinajstić information content (AvgIpc) is 2.21. The molecular formula is C9H13ClN2OS. The van der Waals surface area contributed by atoms with Gasteiger partial charge in [-0.15, -0.1) is 0 Å². The van der Waals surface area contributed by atoms with Gasteiger partial charge < -0.3 is 5.32 Å². The zero-order valence-corrected chi connectivity index (χ0v) is 9.57. The van der Waals surface area contributed by atoms with Crippen molar-refractivity contribution >= 4 is 28.2 Å². The van der Waals surface area contributed by atoms with Crippen LogP contribution in [0.15, 0.2) is 18.3 Å². The topological polar surface area (TPSA) is 42.0 Å². The second-order valence-corrected chi connectivity index (χ2v) is 5.02. The van der Waals surface area contributed by atoms with Crippen molar-refractivity contribution < 1.29 is 4.21 Å². The molecule has 0 radical (unpaired) electrons. The maximum atomic E-state index is 11.1. The lowest BCUT2D eigenvalue weighted by atomic mass is 10.4. The SMILES string of the molecule is CCS(=O)CCNc1ccc(Cl)cn1. The third-order valence-electron chi connectivity index (χ3n) is 1.69. The van der Waals surface area contributed by atoms with Gasteiger partial charge >= 0.3 is 0 Å². The van der Waals surface area contributed by atoms with Gasteiger partial charge in [0.15, 0.2) is 0 Å². The first-order chi connectivity index (χ1) is 6.72. The van der Waals surface area contributed by atoms with Crippen molar-refractivity contribution in [2.45, 2.75) is 6.92 Å². The highest BCUT2D eigenvalue weighted by atomic mass is 35.5. The highest BCUT2D eigenvalue weighted by Crippen LogP contribution is 2.08. The van der Waals surface area contributed by atoms with Gasteiger partial charge in [0.05, 0.1) is 5.02 Å². The van der Waals surface area contributed by atoms with Crippen molar-refractivity contribution in [2.75, 3.05) is 23.4 Å². The fourth-order valence-corrected chi connectivity index (χ4v) is 1.65. The molecule has 0 aromatic carbocycles. The maximum absolute atomic E-state index is 11.1. The number of hydrogen-bond acceptors (Lipinski definition) is 3. The van der Waals surface area contributed by atoms with E-state index in [2.05, 4.69) is 10.3 Å². The Balaban J connectivity index is 2.31. The van der Waals surface area contributed by atoms with Gasteiger partial charge in [0.25, 0.3) is 0 Å². The van der Waals surface area contributed by atoms with E-state index in [4.69, 9.17) is 11.6 Å². The second kappa shape index (κ2) is 5.98. The van der Waals surface area contributed by atoms with Crippen LogP contribution in [0.3, 0.4) is 0 Å². The standard InChI is InChI=1S/C9H13ClN2OS/c1-2-14(13)6-5-11-9-4-3-8(10)7-12-9/h3-4,7H,2,5-6H2,1H3,(H,11,12). The van der Waals surface area contributed by atoms with E-state index >= 15 is 0 Å². The Labute approximate surface area is 91.3 Å². The smallest absolute Gasteiger partial charge is 0.126 e. The van der Waals surface area contributed by atoms with Crippen LogP contribution in [-0.4, -0.2) is 27.2 Å². The average molecular weight is 233 g/mol. The van der Waals surface area contributed by atoms with E-state index in [0.29, 0.717) is 23.1 Å². The summed E-state index contributed by atoms with van der Waals surface area (Å²) in [5.74, 6) is 2.12. The number of aromatic nitrogens is 1. The number of rotatable bonds is 5. The highest BCUT2D eigenvalue weighted by molar-refractivity contribution is 7.84. The molecule has 0 bridgehead atoms. The summed E-state index contributed by atoms with van der Waals surface area (Å²) >= 11 is 5.68. The number of anilines is 1. The molecule has 0 aliphatic heterocycles. The van der Waals surface area contributed by atoms with Crippen LogP contribution in [0.25, 0.3) is 0 Å². The summed E-state index contributed by atoms with van der Waals surface area (Å²) in [5.41, 5.74) is 0.